The quantitative estimate of drug-likeness (QED) is 0.733. The lowest BCUT2D eigenvalue weighted by Gasteiger charge is -2.35. The van der Waals surface area contributed by atoms with E-state index in [0.29, 0.717) is 18.7 Å². The number of hydrogen-bond acceptors (Lipinski definition) is 4. The van der Waals surface area contributed by atoms with Crippen molar-refractivity contribution in [3.05, 3.63) is 30.3 Å². The van der Waals surface area contributed by atoms with Crippen LogP contribution in [-0.4, -0.2) is 58.1 Å². The molecule has 3 atom stereocenters. The van der Waals surface area contributed by atoms with Crippen molar-refractivity contribution >= 4 is 23.7 Å². The monoisotopic (exact) mass is 343 g/mol. The third kappa shape index (κ3) is 2.37. The van der Waals surface area contributed by atoms with Crippen molar-refractivity contribution in [3.63, 3.8) is 0 Å². The fourth-order valence-corrected chi connectivity index (χ4v) is 4.00. The number of amides is 4. The summed E-state index contributed by atoms with van der Waals surface area (Å²) in [6.07, 6.45) is 0.211. The van der Waals surface area contributed by atoms with Crippen molar-refractivity contribution in [1.29, 1.82) is 0 Å². The van der Waals surface area contributed by atoms with Gasteiger partial charge in [-0.1, -0.05) is 18.2 Å². The first-order valence-electron chi connectivity index (χ1n) is 8.49. The molecule has 0 aromatic heterocycles. The normalized spacial score (nSPS) is 28.0. The highest BCUT2D eigenvalue weighted by Crippen LogP contribution is 2.42. The van der Waals surface area contributed by atoms with Gasteiger partial charge in [0, 0.05) is 6.54 Å². The van der Waals surface area contributed by atoms with Gasteiger partial charge in [0.15, 0.2) is 0 Å². The van der Waals surface area contributed by atoms with Crippen LogP contribution in [0, 0.1) is 0 Å². The van der Waals surface area contributed by atoms with Crippen LogP contribution in [-0.2, 0) is 9.53 Å². The zero-order valence-electron chi connectivity index (χ0n) is 14.5. The molecule has 0 radical (unpaired) electrons. The maximum Gasteiger partial charge on any atom is 0.410 e. The van der Waals surface area contributed by atoms with Crippen LogP contribution in [0.4, 0.5) is 15.3 Å². The van der Waals surface area contributed by atoms with Crippen LogP contribution in [0.5, 0.6) is 0 Å². The van der Waals surface area contributed by atoms with Gasteiger partial charge in [0.1, 0.15) is 11.6 Å². The first kappa shape index (κ1) is 15.9. The standard InChI is InChI=1S/C18H21N3O4/c1-18(2,3)25-17(24)19-10-12-9-13(19)14-15(22)21(16(23)20(12)14)11-7-5-4-6-8-11/h4-8,12-14H,9-10H2,1-3H3/t12-,13?,14-/m1/s1. The predicted molar refractivity (Wildman–Crippen MR) is 90.1 cm³/mol. The van der Waals surface area contributed by atoms with Gasteiger partial charge in [-0.2, -0.15) is 0 Å². The molecule has 25 heavy (non-hydrogen) atoms. The van der Waals surface area contributed by atoms with Crippen molar-refractivity contribution in [3.8, 4) is 0 Å². The number of benzene rings is 1. The molecule has 0 aliphatic carbocycles. The summed E-state index contributed by atoms with van der Waals surface area (Å²) in [5.41, 5.74) is -0.0281. The first-order chi connectivity index (χ1) is 11.8. The van der Waals surface area contributed by atoms with Gasteiger partial charge in [-0.05, 0) is 39.3 Å². The minimum Gasteiger partial charge on any atom is -0.444 e. The number of rotatable bonds is 1. The Morgan fingerprint density at radius 2 is 1.84 bits per heavy atom. The van der Waals surface area contributed by atoms with E-state index >= 15 is 0 Å². The zero-order valence-corrected chi connectivity index (χ0v) is 14.5. The van der Waals surface area contributed by atoms with Crippen molar-refractivity contribution < 1.29 is 19.1 Å². The fraction of sp³-hybridized carbons (Fsp3) is 0.500. The zero-order chi connectivity index (χ0) is 17.9. The minimum atomic E-state index is -0.612. The Hall–Kier alpha value is -2.57. The molecule has 0 saturated carbocycles. The number of likely N-dealkylation sites (tertiary alicyclic amines) is 1. The molecule has 3 aliphatic rings. The molecule has 4 rings (SSSR count). The Morgan fingerprint density at radius 1 is 1.16 bits per heavy atom. The average molecular weight is 343 g/mol. The second-order valence-corrected chi connectivity index (χ2v) is 7.73. The summed E-state index contributed by atoms with van der Waals surface area (Å²) in [5.74, 6) is -0.267. The summed E-state index contributed by atoms with van der Waals surface area (Å²) in [7, 11) is 0. The highest BCUT2D eigenvalue weighted by atomic mass is 16.6. The van der Waals surface area contributed by atoms with E-state index in [0.717, 1.165) is 0 Å². The molecule has 7 nitrogen and oxygen atoms in total. The lowest BCUT2D eigenvalue weighted by molar-refractivity contribution is -0.121. The van der Waals surface area contributed by atoms with E-state index in [9.17, 15) is 14.4 Å². The van der Waals surface area contributed by atoms with Crippen LogP contribution < -0.4 is 4.90 Å². The van der Waals surface area contributed by atoms with Crippen molar-refractivity contribution in [1.82, 2.24) is 9.80 Å². The smallest absolute Gasteiger partial charge is 0.410 e. The Balaban J connectivity index is 1.60. The summed E-state index contributed by atoms with van der Waals surface area (Å²) >= 11 is 0. The molecule has 132 valence electrons. The number of nitrogens with zero attached hydrogens (tertiary/aromatic N) is 3. The first-order valence-corrected chi connectivity index (χ1v) is 8.49. The molecule has 7 heteroatoms. The minimum absolute atomic E-state index is 0.132. The molecule has 0 spiro atoms. The summed E-state index contributed by atoms with van der Waals surface area (Å²) in [4.78, 5) is 42.6. The Labute approximate surface area is 146 Å². The number of fused-ring (bicyclic) bond motifs is 5. The van der Waals surface area contributed by atoms with Crippen molar-refractivity contribution in [2.75, 3.05) is 11.4 Å². The van der Waals surface area contributed by atoms with Crippen LogP contribution in [0.1, 0.15) is 27.2 Å². The van der Waals surface area contributed by atoms with E-state index in [-0.39, 0.29) is 24.0 Å². The Kier molecular flexibility index (Phi) is 3.32. The van der Waals surface area contributed by atoms with E-state index in [1.54, 1.807) is 34.1 Å². The second-order valence-electron chi connectivity index (χ2n) is 7.73. The molecule has 3 heterocycles. The van der Waals surface area contributed by atoms with E-state index in [1.807, 2.05) is 26.8 Å². The molecule has 1 unspecified atom stereocenters. The summed E-state index contributed by atoms with van der Waals surface area (Å²) in [6, 6.07) is 7.55. The largest absolute Gasteiger partial charge is 0.444 e. The third-order valence-corrected chi connectivity index (χ3v) is 4.91. The molecule has 0 N–H and O–H groups in total. The SMILES string of the molecule is CC(C)(C)OC(=O)N1C[C@H]2CC1[C@@H]1C(=O)N(c3ccccc3)C(=O)N21. The fourth-order valence-electron chi connectivity index (χ4n) is 4.00. The average Bonchev–Trinajstić information content (AvgIpc) is 3.18. The maximum absolute atomic E-state index is 12.9. The van der Waals surface area contributed by atoms with Gasteiger partial charge >= 0.3 is 12.1 Å². The number of para-hydroxylation sites is 1. The Morgan fingerprint density at radius 3 is 2.48 bits per heavy atom. The lowest BCUT2D eigenvalue weighted by Crippen LogP contribution is -2.55. The summed E-state index contributed by atoms with van der Waals surface area (Å²) in [5, 5.41) is 0. The van der Waals surface area contributed by atoms with Gasteiger partial charge in [-0.15, -0.1) is 0 Å². The molecule has 1 aromatic rings. The van der Waals surface area contributed by atoms with Crippen LogP contribution in [0.3, 0.4) is 0 Å². The van der Waals surface area contributed by atoms with Crippen LogP contribution in [0.25, 0.3) is 0 Å². The molecule has 3 fully saturated rings. The molecule has 3 saturated heterocycles. The lowest BCUT2D eigenvalue weighted by atomic mass is 10.1. The predicted octanol–water partition coefficient (Wildman–Crippen LogP) is 2.22. The summed E-state index contributed by atoms with van der Waals surface area (Å²) < 4.78 is 5.45. The number of ether oxygens (including phenoxy) is 1. The van der Waals surface area contributed by atoms with E-state index in [1.165, 1.54) is 4.90 Å². The van der Waals surface area contributed by atoms with Crippen molar-refractivity contribution in [2.24, 2.45) is 0 Å². The van der Waals surface area contributed by atoms with Crippen molar-refractivity contribution in [2.45, 2.75) is 50.9 Å². The number of urea groups is 1. The van der Waals surface area contributed by atoms with Crippen LogP contribution in [0.2, 0.25) is 0 Å². The van der Waals surface area contributed by atoms with Gasteiger partial charge in [0.25, 0.3) is 5.91 Å². The van der Waals surface area contributed by atoms with E-state index in [4.69, 9.17) is 4.74 Å². The molecule has 3 aliphatic heterocycles. The number of hydrogen-bond donors (Lipinski definition) is 0. The van der Waals surface area contributed by atoms with E-state index in [2.05, 4.69) is 0 Å². The number of anilines is 1. The number of carbonyl (C=O) groups is 3. The van der Waals surface area contributed by atoms with Gasteiger partial charge < -0.3 is 14.5 Å². The highest BCUT2D eigenvalue weighted by molar-refractivity contribution is 6.22. The van der Waals surface area contributed by atoms with Gasteiger partial charge in [-0.25, -0.2) is 14.5 Å². The van der Waals surface area contributed by atoms with Crippen LogP contribution >= 0.6 is 0 Å². The number of imide groups is 1. The Bertz CT molecular complexity index is 742. The van der Waals surface area contributed by atoms with Crippen LogP contribution in [0.15, 0.2) is 30.3 Å². The highest BCUT2D eigenvalue weighted by Gasteiger charge is 2.63. The molecule has 1 aromatic carbocycles. The van der Waals surface area contributed by atoms with Gasteiger partial charge in [0.05, 0.1) is 17.8 Å². The maximum atomic E-state index is 12.9. The van der Waals surface area contributed by atoms with Gasteiger partial charge in [0.2, 0.25) is 0 Å². The summed E-state index contributed by atoms with van der Waals surface area (Å²) in [6.45, 7) is 5.85. The molecular weight excluding hydrogens is 322 g/mol. The third-order valence-electron chi connectivity index (χ3n) is 4.91. The topological polar surface area (TPSA) is 70.2 Å². The second kappa shape index (κ2) is 5.21. The van der Waals surface area contributed by atoms with Gasteiger partial charge in [-0.3, -0.25) is 4.79 Å². The number of piperazine rings is 1. The molecule has 2 bridgehead atoms. The van der Waals surface area contributed by atoms with E-state index < -0.39 is 17.7 Å². The number of carbonyl (C=O) groups excluding carboxylic acids is 3. The molecular formula is C18H21N3O4. The molecule has 4 amide bonds.